The second-order valence-corrected chi connectivity index (χ2v) is 7.92. The molecule has 2 amide bonds. The van der Waals surface area contributed by atoms with Crippen molar-refractivity contribution in [1.29, 1.82) is 0 Å². The number of hydrazone groups is 1. The molecule has 0 bridgehead atoms. The van der Waals surface area contributed by atoms with Gasteiger partial charge in [-0.15, -0.1) is 0 Å². The predicted molar refractivity (Wildman–Crippen MR) is 144 cm³/mol. The maximum Gasteiger partial charge on any atom is 0.336 e. The van der Waals surface area contributed by atoms with Gasteiger partial charge in [0.2, 0.25) is 0 Å². The molecule has 2 N–H and O–H groups in total. The normalized spacial score (nSPS) is 10.8. The van der Waals surface area contributed by atoms with E-state index < -0.39 is 11.9 Å². The number of methoxy groups -OCH3 is 1. The van der Waals surface area contributed by atoms with Crippen LogP contribution in [0.2, 0.25) is 0 Å². The highest BCUT2D eigenvalue weighted by atomic mass is 16.6. The molecular weight excluding hydrogens is 486 g/mol. The molecule has 0 fully saturated rings. The quantitative estimate of drug-likeness (QED) is 0.124. The van der Waals surface area contributed by atoms with E-state index in [1.807, 2.05) is 37.3 Å². The summed E-state index contributed by atoms with van der Waals surface area (Å²) in [7, 11) is 1.45. The fraction of sp³-hybridized carbons (Fsp3) is 0.172. The summed E-state index contributed by atoms with van der Waals surface area (Å²) in [5.74, 6) is -0.203. The minimum Gasteiger partial charge on any atom is -0.494 e. The third-order valence-corrected chi connectivity index (χ3v) is 5.01. The van der Waals surface area contributed by atoms with Gasteiger partial charge in [-0.2, -0.15) is 5.10 Å². The number of benzene rings is 3. The van der Waals surface area contributed by atoms with Crippen molar-refractivity contribution in [2.24, 2.45) is 5.10 Å². The van der Waals surface area contributed by atoms with Crippen molar-refractivity contribution in [2.45, 2.75) is 13.3 Å². The number of esters is 1. The van der Waals surface area contributed by atoms with E-state index in [0.29, 0.717) is 29.2 Å². The van der Waals surface area contributed by atoms with E-state index in [4.69, 9.17) is 14.2 Å². The van der Waals surface area contributed by atoms with Crippen LogP contribution in [-0.2, 0) is 9.59 Å². The summed E-state index contributed by atoms with van der Waals surface area (Å²) in [4.78, 5) is 36.5. The van der Waals surface area contributed by atoms with E-state index in [-0.39, 0.29) is 18.2 Å². The second-order valence-electron chi connectivity index (χ2n) is 7.92. The highest BCUT2D eigenvalue weighted by molar-refractivity contribution is 5.96. The van der Waals surface area contributed by atoms with E-state index in [1.165, 1.54) is 19.4 Å². The largest absolute Gasteiger partial charge is 0.494 e. The standard InChI is InChI=1S/C29H29N3O6/c1-3-17-37-24-13-11-23(12-14-24)29(35)30-20-27(33)32-31-19-22-9-15-25(26(18-22)36-2)38-28(34)16-10-21-7-5-4-6-8-21/h4-16,18-19H,3,17,20H2,1-2H3,(H,30,35)(H,32,33)/b16-10+,31-19-. The smallest absolute Gasteiger partial charge is 0.336 e. The van der Waals surface area contributed by atoms with Crippen LogP contribution in [0, 0.1) is 0 Å². The maximum atomic E-state index is 12.2. The van der Waals surface area contributed by atoms with Crippen molar-refractivity contribution in [1.82, 2.24) is 10.7 Å². The third-order valence-electron chi connectivity index (χ3n) is 5.01. The number of rotatable bonds is 12. The van der Waals surface area contributed by atoms with E-state index >= 15 is 0 Å². The molecule has 38 heavy (non-hydrogen) atoms. The molecule has 0 saturated carbocycles. The number of amides is 2. The third kappa shape index (κ3) is 8.94. The van der Waals surface area contributed by atoms with Gasteiger partial charge in [-0.1, -0.05) is 37.3 Å². The Kier molecular flexibility index (Phi) is 10.6. The van der Waals surface area contributed by atoms with Crippen molar-refractivity contribution in [3.63, 3.8) is 0 Å². The Morgan fingerprint density at radius 1 is 0.921 bits per heavy atom. The minimum absolute atomic E-state index is 0.240. The first kappa shape index (κ1) is 27.7. The topological polar surface area (TPSA) is 115 Å². The lowest BCUT2D eigenvalue weighted by Gasteiger charge is -2.08. The SMILES string of the molecule is CCCOc1ccc(C(=O)NCC(=O)N/N=C\c2ccc(OC(=O)/C=C/c3ccccc3)c(OC)c2)cc1. The lowest BCUT2D eigenvalue weighted by atomic mass is 10.2. The lowest BCUT2D eigenvalue weighted by Crippen LogP contribution is -2.34. The Morgan fingerprint density at radius 2 is 1.68 bits per heavy atom. The summed E-state index contributed by atoms with van der Waals surface area (Å²) in [6.45, 7) is 2.36. The molecule has 3 aromatic rings. The van der Waals surface area contributed by atoms with Gasteiger partial charge in [0.15, 0.2) is 11.5 Å². The van der Waals surface area contributed by atoms with Crippen LogP contribution in [0.5, 0.6) is 17.2 Å². The Morgan fingerprint density at radius 3 is 2.39 bits per heavy atom. The number of hydrogen-bond acceptors (Lipinski definition) is 7. The number of carbonyl (C=O) groups is 3. The van der Waals surface area contributed by atoms with E-state index in [2.05, 4.69) is 15.8 Å². The Labute approximate surface area is 221 Å². The summed E-state index contributed by atoms with van der Waals surface area (Å²) >= 11 is 0. The summed E-state index contributed by atoms with van der Waals surface area (Å²) in [5.41, 5.74) is 4.22. The highest BCUT2D eigenvalue weighted by Crippen LogP contribution is 2.27. The number of nitrogens with zero attached hydrogens (tertiary/aromatic N) is 1. The van der Waals surface area contributed by atoms with Gasteiger partial charge in [0.05, 0.1) is 26.5 Å². The van der Waals surface area contributed by atoms with Crippen molar-refractivity contribution >= 4 is 30.1 Å². The molecule has 3 aromatic carbocycles. The first-order chi connectivity index (χ1) is 18.5. The average Bonchev–Trinajstić information content (AvgIpc) is 2.95. The van der Waals surface area contributed by atoms with Crippen LogP contribution in [0.1, 0.15) is 34.8 Å². The Hall–Kier alpha value is -4.92. The zero-order chi connectivity index (χ0) is 27.2. The van der Waals surface area contributed by atoms with Gasteiger partial charge in [0.1, 0.15) is 5.75 Å². The van der Waals surface area contributed by atoms with Crippen LogP contribution >= 0.6 is 0 Å². The molecule has 0 radical (unpaired) electrons. The minimum atomic E-state index is -0.552. The number of nitrogens with one attached hydrogen (secondary N) is 2. The number of carbonyl (C=O) groups excluding carboxylic acids is 3. The predicted octanol–water partition coefficient (Wildman–Crippen LogP) is 3.98. The highest BCUT2D eigenvalue weighted by Gasteiger charge is 2.10. The summed E-state index contributed by atoms with van der Waals surface area (Å²) in [6.07, 6.45) is 5.27. The zero-order valence-corrected chi connectivity index (χ0v) is 21.2. The van der Waals surface area contributed by atoms with Gasteiger partial charge in [0.25, 0.3) is 11.8 Å². The maximum absolute atomic E-state index is 12.2. The molecule has 0 spiro atoms. The number of ether oxygens (including phenoxy) is 3. The molecule has 0 aliphatic rings. The van der Waals surface area contributed by atoms with Gasteiger partial charge in [0, 0.05) is 11.6 Å². The van der Waals surface area contributed by atoms with Crippen LogP contribution < -0.4 is 25.0 Å². The van der Waals surface area contributed by atoms with Gasteiger partial charge in [-0.3, -0.25) is 9.59 Å². The molecule has 0 atom stereocenters. The molecule has 9 heteroatoms. The Bertz CT molecular complexity index is 1290. The summed E-state index contributed by atoms with van der Waals surface area (Å²) in [6, 6.07) is 20.9. The number of hydrogen-bond donors (Lipinski definition) is 2. The molecule has 9 nitrogen and oxygen atoms in total. The van der Waals surface area contributed by atoms with Gasteiger partial charge >= 0.3 is 5.97 Å². The lowest BCUT2D eigenvalue weighted by molar-refractivity contribution is -0.129. The molecule has 0 heterocycles. The molecule has 0 aromatic heterocycles. The van der Waals surface area contributed by atoms with Gasteiger partial charge in [-0.25, -0.2) is 10.2 Å². The average molecular weight is 516 g/mol. The van der Waals surface area contributed by atoms with Crippen LogP contribution in [0.3, 0.4) is 0 Å². The van der Waals surface area contributed by atoms with E-state index in [9.17, 15) is 14.4 Å². The first-order valence-electron chi connectivity index (χ1n) is 11.9. The summed E-state index contributed by atoms with van der Waals surface area (Å²) < 4.78 is 16.2. The molecule has 196 valence electrons. The second kappa shape index (κ2) is 14.6. The van der Waals surface area contributed by atoms with Crippen LogP contribution in [-0.4, -0.2) is 44.3 Å². The Balaban J connectivity index is 1.47. The monoisotopic (exact) mass is 515 g/mol. The van der Waals surface area contributed by atoms with Crippen molar-refractivity contribution in [3.05, 3.63) is 95.6 Å². The molecule has 0 aliphatic carbocycles. The van der Waals surface area contributed by atoms with Crippen molar-refractivity contribution < 1.29 is 28.6 Å². The zero-order valence-electron chi connectivity index (χ0n) is 21.2. The molecular formula is C29H29N3O6. The van der Waals surface area contributed by atoms with E-state index in [1.54, 1.807) is 48.5 Å². The van der Waals surface area contributed by atoms with Gasteiger partial charge in [-0.05, 0) is 66.1 Å². The van der Waals surface area contributed by atoms with Crippen LogP contribution in [0.25, 0.3) is 6.08 Å². The first-order valence-corrected chi connectivity index (χ1v) is 11.9. The molecule has 0 unspecified atom stereocenters. The van der Waals surface area contributed by atoms with Crippen molar-refractivity contribution in [2.75, 3.05) is 20.3 Å². The van der Waals surface area contributed by atoms with Gasteiger partial charge < -0.3 is 19.5 Å². The van der Waals surface area contributed by atoms with Crippen LogP contribution in [0.4, 0.5) is 0 Å². The fourth-order valence-electron chi connectivity index (χ4n) is 3.12. The fourth-order valence-corrected chi connectivity index (χ4v) is 3.12. The molecule has 0 aliphatic heterocycles. The van der Waals surface area contributed by atoms with Crippen molar-refractivity contribution in [3.8, 4) is 17.2 Å². The van der Waals surface area contributed by atoms with E-state index in [0.717, 1.165) is 12.0 Å². The summed E-state index contributed by atoms with van der Waals surface area (Å²) in [5, 5.41) is 6.43. The molecule has 0 saturated heterocycles. The van der Waals surface area contributed by atoms with Crippen LogP contribution in [0.15, 0.2) is 84.0 Å². The molecule has 3 rings (SSSR count).